The number of hydrogen-bond acceptors (Lipinski definition) is 6. The number of hydrazine groups is 1. The zero-order chi connectivity index (χ0) is 19.5. The Morgan fingerprint density at radius 2 is 1.62 bits per heavy atom. The van der Waals surface area contributed by atoms with Crippen LogP contribution in [0.2, 0.25) is 5.02 Å². The first-order valence-corrected chi connectivity index (χ1v) is 9.21. The lowest BCUT2D eigenvalue weighted by molar-refractivity contribution is -0.385. The Labute approximate surface area is 153 Å². The van der Waals surface area contributed by atoms with Gasteiger partial charge in [0.2, 0.25) is 0 Å². The highest BCUT2D eigenvalue weighted by Gasteiger charge is 2.21. The summed E-state index contributed by atoms with van der Waals surface area (Å²) in [7, 11) is -3.40. The largest absolute Gasteiger partial charge is 0.283 e. The van der Waals surface area contributed by atoms with E-state index in [0.29, 0.717) is 0 Å². The molecule has 0 saturated heterocycles. The summed E-state index contributed by atoms with van der Waals surface area (Å²) in [5.41, 5.74) is 3.43. The molecule has 0 bridgehead atoms. The van der Waals surface area contributed by atoms with Crippen molar-refractivity contribution in [1.82, 2.24) is 10.9 Å². The zero-order valence-corrected chi connectivity index (χ0v) is 14.8. The van der Waals surface area contributed by atoms with Gasteiger partial charge in [0, 0.05) is 22.9 Å². The summed E-state index contributed by atoms with van der Waals surface area (Å²) in [6.45, 7) is 0. The fourth-order valence-corrected chi connectivity index (χ4v) is 2.75. The van der Waals surface area contributed by atoms with Crippen molar-refractivity contribution >= 4 is 38.9 Å². The number of sulfone groups is 1. The molecule has 136 valence electrons. The minimum atomic E-state index is -3.40. The fourth-order valence-electron chi connectivity index (χ4n) is 1.95. The number of halogens is 1. The number of hydrogen-bond donors (Lipinski definition) is 2. The average Bonchev–Trinajstić information content (AvgIpc) is 2.58. The lowest BCUT2D eigenvalue weighted by atomic mass is 10.1. The number of rotatable bonds is 4. The highest BCUT2D eigenvalue weighted by molar-refractivity contribution is 7.90. The molecule has 0 unspecified atom stereocenters. The number of nitro groups is 1. The SMILES string of the molecule is CS(=O)(=O)c1ccc(C(=O)NNC(=O)c2ccc(Cl)cc2[N+](=O)[O-])cc1. The number of benzene rings is 2. The van der Waals surface area contributed by atoms with Gasteiger partial charge in [-0.15, -0.1) is 0 Å². The molecule has 2 rings (SSSR count). The van der Waals surface area contributed by atoms with E-state index in [1.165, 1.54) is 30.3 Å². The second-order valence-electron chi connectivity index (χ2n) is 5.12. The first kappa shape index (κ1) is 19.3. The maximum atomic E-state index is 12.0. The van der Waals surface area contributed by atoms with Crippen molar-refractivity contribution < 1.29 is 22.9 Å². The standard InChI is InChI=1S/C15H12ClN3O6S/c1-26(24,25)11-5-2-9(3-6-11)14(20)17-18-15(21)12-7-4-10(16)8-13(12)19(22)23/h2-8H,1H3,(H,17,20)(H,18,21). The van der Waals surface area contributed by atoms with Crippen LogP contribution in [0.1, 0.15) is 20.7 Å². The van der Waals surface area contributed by atoms with E-state index in [4.69, 9.17) is 11.6 Å². The Hall–Kier alpha value is -2.98. The van der Waals surface area contributed by atoms with Crippen LogP contribution in [0.25, 0.3) is 0 Å². The van der Waals surface area contributed by atoms with E-state index < -0.39 is 32.3 Å². The first-order valence-electron chi connectivity index (χ1n) is 6.94. The summed E-state index contributed by atoms with van der Waals surface area (Å²) in [4.78, 5) is 34.3. The van der Waals surface area contributed by atoms with Crippen LogP contribution in [0.5, 0.6) is 0 Å². The Morgan fingerprint density at radius 1 is 1.04 bits per heavy atom. The van der Waals surface area contributed by atoms with Crippen molar-refractivity contribution in [3.8, 4) is 0 Å². The molecule has 0 aromatic heterocycles. The quantitative estimate of drug-likeness (QED) is 0.595. The molecular formula is C15H12ClN3O6S. The topological polar surface area (TPSA) is 135 Å². The smallest absolute Gasteiger partial charge is 0.267 e. The molecule has 0 fully saturated rings. The molecule has 0 spiro atoms. The summed E-state index contributed by atoms with van der Waals surface area (Å²) in [6, 6.07) is 8.50. The molecule has 0 aliphatic carbocycles. The average molecular weight is 398 g/mol. The summed E-state index contributed by atoms with van der Waals surface area (Å²) in [6.07, 6.45) is 1.03. The summed E-state index contributed by atoms with van der Waals surface area (Å²) in [5.74, 6) is -1.63. The van der Waals surface area contributed by atoms with Crippen LogP contribution in [0.4, 0.5) is 5.69 Å². The summed E-state index contributed by atoms with van der Waals surface area (Å²) in [5, 5.41) is 11.1. The number of amides is 2. The van der Waals surface area contributed by atoms with Crippen molar-refractivity contribution in [2.45, 2.75) is 4.90 Å². The second-order valence-corrected chi connectivity index (χ2v) is 7.58. The van der Waals surface area contributed by atoms with E-state index in [0.717, 1.165) is 18.4 Å². The fraction of sp³-hybridized carbons (Fsp3) is 0.0667. The molecule has 0 heterocycles. The Balaban J connectivity index is 2.10. The highest BCUT2D eigenvalue weighted by Crippen LogP contribution is 2.22. The predicted molar refractivity (Wildman–Crippen MR) is 92.6 cm³/mol. The van der Waals surface area contributed by atoms with Crippen LogP contribution < -0.4 is 10.9 Å². The number of nitrogens with zero attached hydrogens (tertiary/aromatic N) is 1. The minimum Gasteiger partial charge on any atom is -0.267 e. The normalized spacial score (nSPS) is 10.8. The molecule has 26 heavy (non-hydrogen) atoms. The molecule has 0 aliphatic heterocycles. The van der Waals surface area contributed by atoms with Crippen molar-refractivity contribution in [3.05, 3.63) is 68.7 Å². The molecule has 0 aliphatic rings. The van der Waals surface area contributed by atoms with Crippen LogP contribution in [0.15, 0.2) is 47.4 Å². The second kappa shape index (κ2) is 7.50. The molecule has 0 atom stereocenters. The van der Waals surface area contributed by atoms with Crippen molar-refractivity contribution in [3.63, 3.8) is 0 Å². The van der Waals surface area contributed by atoms with E-state index in [1.807, 2.05) is 0 Å². The van der Waals surface area contributed by atoms with Crippen LogP contribution in [-0.2, 0) is 9.84 Å². The monoisotopic (exact) mass is 397 g/mol. The zero-order valence-electron chi connectivity index (χ0n) is 13.2. The van der Waals surface area contributed by atoms with Gasteiger partial charge in [0.1, 0.15) is 5.56 Å². The van der Waals surface area contributed by atoms with Crippen LogP contribution in [-0.4, -0.2) is 31.4 Å². The maximum absolute atomic E-state index is 12.0. The van der Waals surface area contributed by atoms with Gasteiger partial charge in [-0.2, -0.15) is 0 Å². The number of nitrogens with one attached hydrogen (secondary N) is 2. The minimum absolute atomic E-state index is 0.0369. The molecule has 2 N–H and O–H groups in total. The third-order valence-electron chi connectivity index (χ3n) is 3.24. The predicted octanol–water partition coefficient (Wildman–Crippen LogP) is 1.73. The number of carbonyl (C=O) groups is 2. The van der Waals surface area contributed by atoms with Gasteiger partial charge in [-0.05, 0) is 36.4 Å². The lowest BCUT2D eigenvalue weighted by Crippen LogP contribution is -2.41. The first-order chi connectivity index (χ1) is 12.1. The molecule has 11 heteroatoms. The lowest BCUT2D eigenvalue weighted by Gasteiger charge is -2.08. The molecule has 2 amide bonds. The summed E-state index contributed by atoms with van der Waals surface area (Å²) < 4.78 is 22.7. The van der Waals surface area contributed by atoms with E-state index in [1.54, 1.807) is 0 Å². The van der Waals surface area contributed by atoms with Crippen LogP contribution >= 0.6 is 11.6 Å². The maximum Gasteiger partial charge on any atom is 0.283 e. The molecule has 9 nitrogen and oxygen atoms in total. The van der Waals surface area contributed by atoms with E-state index in [2.05, 4.69) is 10.9 Å². The van der Waals surface area contributed by atoms with E-state index >= 15 is 0 Å². The molecular weight excluding hydrogens is 386 g/mol. The van der Waals surface area contributed by atoms with Gasteiger partial charge in [0.15, 0.2) is 9.84 Å². The third kappa shape index (κ3) is 4.55. The third-order valence-corrected chi connectivity index (χ3v) is 4.60. The number of carbonyl (C=O) groups excluding carboxylic acids is 2. The van der Waals surface area contributed by atoms with Gasteiger partial charge in [-0.1, -0.05) is 11.6 Å². The van der Waals surface area contributed by atoms with Gasteiger partial charge in [0.05, 0.1) is 9.82 Å². The van der Waals surface area contributed by atoms with Gasteiger partial charge >= 0.3 is 0 Å². The molecule has 0 saturated carbocycles. The van der Waals surface area contributed by atoms with E-state index in [9.17, 15) is 28.1 Å². The van der Waals surface area contributed by atoms with Gasteiger partial charge < -0.3 is 0 Å². The Kier molecular flexibility index (Phi) is 5.58. The molecule has 0 radical (unpaired) electrons. The molecule has 2 aromatic rings. The van der Waals surface area contributed by atoms with Gasteiger partial charge in [-0.3, -0.25) is 30.6 Å². The van der Waals surface area contributed by atoms with Gasteiger partial charge in [-0.25, -0.2) is 8.42 Å². The van der Waals surface area contributed by atoms with E-state index in [-0.39, 0.29) is 21.0 Å². The molecule has 2 aromatic carbocycles. The summed E-state index contributed by atoms with van der Waals surface area (Å²) >= 11 is 5.67. The van der Waals surface area contributed by atoms with Crippen LogP contribution in [0.3, 0.4) is 0 Å². The highest BCUT2D eigenvalue weighted by atomic mass is 35.5. The van der Waals surface area contributed by atoms with Crippen molar-refractivity contribution in [2.24, 2.45) is 0 Å². The van der Waals surface area contributed by atoms with Crippen molar-refractivity contribution in [1.29, 1.82) is 0 Å². The van der Waals surface area contributed by atoms with Crippen molar-refractivity contribution in [2.75, 3.05) is 6.26 Å². The Bertz CT molecular complexity index is 989. The number of nitro benzene ring substituents is 1. The Morgan fingerprint density at radius 3 is 2.15 bits per heavy atom. The van der Waals surface area contributed by atoms with Gasteiger partial charge in [0.25, 0.3) is 17.5 Å². The van der Waals surface area contributed by atoms with Crippen LogP contribution in [0, 0.1) is 10.1 Å².